The third-order valence-corrected chi connectivity index (χ3v) is 6.92. The lowest BCUT2D eigenvalue weighted by Gasteiger charge is -2.29. The van der Waals surface area contributed by atoms with Gasteiger partial charge in [0.15, 0.2) is 0 Å². The van der Waals surface area contributed by atoms with Crippen molar-refractivity contribution in [2.24, 2.45) is 7.05 Å². The maximum atomic E-state index is 13.0. The molecule has 0 aliphatic carbocycles. The second-order valence-corrected chi connectivity index (χ2v) is 9.10. The van der Waals surface area contributed by atoms with E-state index in [1.54, 1.807) is 11.2 Å². The number of carbonyl (C=O) groups excluding carboxylic acids is 3. The Kier molecular flexibility index (Phi) is 4.76. The molecule has 3 aliphatic heterocycles. The zero-order chi connectivity index (χ0) is 23.4. The van der Waals surface area contributed by atoms with Gasteiger partial charge in [-0.05, 0) is 60.7 Å². The third kappa shape index (κ3) is 3.29. The molecule has 1 unspecified atom stereocenters. The molecule has 34 heavy (non-hydrogen) atoms. The molecule has 8 nitrogen and oxygen atoms in total. The van der Waals surface area contributed by atoms with Gasteiger partial charge >= 0.3 is 0 Å². The largest absolute Gasteiger partial charge is 0.493 e. The van der Waals surface area contributed by atoms with Crippen molar-refractivity contribution in [2.75, 3.05) is 6.61 Å². The Morgan fingerprint density at radius 1 is 1.03 bits per heavy atom. The fourth-order valence-electron chi connectivity index (χ4n) is 5.21. The van der Waals surface area contributed by atoms with E-state index in [4.69, 9.17) is 4.74 Å². The Hall–Kier alpha value is -3.94. The molecule has 1 saturated heterocycles. The van der Waals surface area contributed by atoms with Crippen LogP contribution in [0.25, 0.3) is 22.5 Å². The van der Waals surface area contributed by atoms with E-state index >= 15 is 0 Å². The fourth-order valence-corrected chi connectivity index (χ4v) is 5.21. The van der Waals surface area contributed by atoms with Gasteiger partial charge in [0.25, 0.3) is 5.91 Å². The highest BCUT2D eigenvalue weighted by Gasteiger charge is 2.39. The van der Waals surface area contributed by atoms with Crippen LogP contribution in [0.4, 0.5) is 0 Å². The number of hydrogen-bond donors (Lipinski definition) is 1. The minimum Gasteiger partial charge on any atom is -0.493 e. The zero-order valence-corrected chi connectivity index (χ0v) is 18.8. The molecule has 0 radical (unpaired) electrons. The Morgan fingerprint density at radius 3 is 2.71 bits per heavy atom. The van der Waals surface area contributed by atoms with Crippen LogP contribution in [-0.4, -0.2) is 44.8 Å². The minimum absolute atomic E-state index is 0.174. The first kappa shape index (κ1) is 20.7. The highest BCUT2D eigenvalue weighted by Crippen LogP contribution is 2.37. The van der Waals surface area contributed by atoms with Crippen molar-refractivity contribution in [3.63, 3.8) is 0 Å². The van der Waals surface area contributed by atoms with Gasteiger partial charge < -0.3 is 14.2 Å². The molecule has 3 aliphatic rings. The summed E-state index contributed by atoms with van der Waals surface area (Å²) in [7, 11) is 1.98. The first-order valence-electron chi connectivity index (χ1n) is 11.5. The number of imidazole rings is 1. The highest BCUT2D eigenvalue weighted by atomic mass is 16.5. The van der Waals surface area contributed by atoms with Gasteiger partial charge in [0.1, 0.15) is 11.8 Å². The Balaban J connectivity index is 1.34. The van der Waals surface area contributed by atoms with E-state index in [0.717, 1.165) is 53.3 Å². The molecule has 2 aromatic carbocycles. The summed E-state index contributed by atoms with van der Waals surface area (Å²) in [6, 6.07) is 11.4. The van der Waals surface area contributed by atoms with Gasteiger partial charge in [-0.3, -0.25) is 19.7 Å². The van der Waals surface area contributed by atoms with Crippen LogP contribution in [-0.2, 0) is 29.6 Å². The van der Waals surface area contributed by atoms with Gasteiger partial charge in [-0.1, -0.05) is 6.07 Å². The standard InChI is InChI=1S/C26H24N4O4/c1-29-14-27-23(24(29)17-5-8-21-15(11-17)3-2-10-34-21)16-4-6-19-18(12-16)13-30(26(19)33)20-7-9-22(31)28-25(20)32/h4-6,8,11-12,14,20H,2-3,7,9-10,13H2,1H3,(H,28,31,32). The van der Waals surface area contributed by atoms with Crippen molar-refractivity contribution in [3.05, 3.63) is 59.4 Å². The number of amides is 3. The van der Waals surface area contributed by atoms with Gasteiger partial charge in [-0.15, -0.1) is 0 Å². The van der Waals surface area contributed by atoms with Crippen molar-refractivity contribution in [1.82, 2.24) is 19.8 Å². The molecule has 6 rings (SSSR count). The summed E-state index contributed by atoms with van der Waals surface area (Å²) in [6.45, 7) is 1.10. The van der Waals surface area contributed by atoms with Gasteiger partial charge in [0.05, 0.1) is 24.3 Å². The Labute approximate surface area is 196 Å². The second kappa shape index (κ2) is 7.83. The van der Waals surface area contributed by atoms with Crippen LogP contribution >= 0.6 is 0 Å². The average molecular weight is 457 g/mol. The Morgan fingerprint density at radius 2 is 1.85 bits per heavy atom. The van der Waals surface area contributed by atoms with E-state index in [-0.39, 0.29) is 18.2 Å². The van der Waals surface area contributed by atoms with Crippen molar-refractivity contribution in [1.29, 1.82) is 0 Å². The summed E-state index contributed by atoms with van der Waals surface area (Å²) in [5, 5.41) is 2.35. The summed E-state index contributed by atoms with van der Waals surface area (Å²) in [5.74, 6) is 0.0837. The number of aromatic nitrogens is 2. The maximum absolute atomic E-state index is 13.0. The predicted molar refractivity (Wildman–Crippen MR) is 124 cm³/mol. The topological polar surface area (TPSA) is 93.5 Å². The highest BCUT2D eigenvalue weighted by molar-refractivity contribution is 6.05. The molecule has 1 atom stereocenters. The monoisotopic (exact) mass is 456 g/mol. The number of nitrogens with zero attached hydrogens (tertiary/aromatic N) is 3. The molecule has 1 aromatic heterocycles. The van der Waals surface area contributed by atoms with Gasteiger partial charge in [-0.2, -0.15) is 0 Å². The second-order valence-electron chi connectivity index (χ2n) is 9.10. The van der Waals surface area contributed by atoms with Crippen LogP contribution in [0.1, 0.15) is 40.7 Å². The lowest BCUT2D eigenvalue weighted by Crippen LogP contribution is -2.52. The lowest BCUT2D eigenvalue weighted by atomic mass is 9.98. The smallest absolute Gasteiger partial charge is 0.255 e. The number of imide groups is 1. The number of nitrogens with one attached hydrogen (secondary N) is 1. The van der Waals surface area contributed by atoms with Crippen molar-refractivity contribution < 1.29 is 19.1 Å². The maximum Gasteiger partial charge on any atom is 0.255 e. The molecule has 0 spiro atoms. The lowest BCUT2D eigenvalue weighted by molar-refractivity contribution is -0.136. The number of ether oxygens (including phenoxy) is 1. The number of aryl methyl sites for hydroxylation is 2. The van der Waals surface area contributed by atoms with E-state index in [0.29, 0.717) is 18.5 Å². The van der Waals surface area contributed by atoms with Crippen molar-refractivity contribution in [2.45, 2.75) is 38.3 Å². The minimum atomic E-state index is -0.621. The van der Waals surface area contributed by atoms with E-state index in [1.807, 2.05) is 35.9 Å². The first-order chi connectivity index (χ1) is 16.5. The van der Waals surface area contributed by atoms with E-state index in [1.165, 1.54) is 5.56 Å². The van der Waals surface area contributed by atoms with Gasteiger partial charge in [0, 0.05) is 36.7 Å². The number of fused-ring (bicyclic) bond motifs is 2. The molecule has 3 aromatic rings. The molecule has 172 valence electrons. The Bertz CT molecular complexity index is 1360. The molecule has 0 bridgehead atoms. The molecule has 3 amide bonds. The number of piperidine rings is 1. The van der Waals surface area contributed by atoms with Crippen LogP contribution in [0, 0.1) is 0 Å². The van der Waals surface area contributed by atoms with Crippen molar-refractivity contribution >= 4 is 17.7 Å². The van der Waals surface area contributed by atoms with Crippen LogP contribution < -0.4 is 10.1 Å². The fraction of sp³-hybridized carbons (Fsp3) is 0.308. The number of rotatable bonds is 3. The summed E-state index contributed by atoms with van der Waals surface area (Å²) in [6.07, 6.45) is 4.40. The summed E-state index contributed by atoms with van der Waals surface area (Å²) in [4.78, 5) is 43.1. The molecular weight excluding hydrogens is 432 g/mol. The molecule has 8 heteroatoms. The van der Waals surface area contributed by atoms with E-state index in [9.17, 15) is 14.4 Å². The van der Waals surface area contributed by atoms with Gasteiger partial charge in [0.2, 0.25) is 11.8 Å². The van der Waals surface area contributed by atoms with Gasteiger partial charge in [-0.25, -0.2) is 4.98 Å². The number of benzene rings is 2. The van der Waals surface area contributed by atoms with Crippen molar-refractivity contribution in [3.8, 4) is 28.3 Å². The average Bonchev–Trinajstić information content (AvgIpc) is 3.38. The predicted octanol–water partition coefficient (Wildman–Crippen LogP) is 2.84. The van der Waals surface area contributed by atoms with Crippen LogP contribution in [0.15, 0.2) is 42.7 Å². The molecular formula is C26H24N4O4. The first-order valence-corrected chi connectivity index (χ1v) is 11.5. The molecule has 1 N–H and O–H groups in total. The van der Waals surface area contributed by atoms with Crippen LogP contribution in [0.5, 0.6) is 5.75 Å². The SMILES string of the molecule is Cn1cnc(-c2ccc3c(c2)CN(C2CCC(=O)NC2=O)C3=O)c1-c1ccc2c(c1)CCCO2. The van der Waals surface area contributed by atoms with E-state index in [2.05, 4.69) is 22.4 Å². The van der Waals surface area contributed by atoms with Crippen LogP contribution in [0.2, 0.25) is 0 Å². The summed E-state index contributed by atoms with van der Waals surface area (Å²) in [5.41, 5.74) is 6.49. The molecule has 4 heterocycles. The number of carbonyl (C=O) groups is 3. The molecule has 1 fully saturated rings. The molecule has 0 saturated carbocycles. The summed E-state index contributed by atoms with van der Waals surface area (Å²) >= 11 is 0. The summed E-state index contributed by atoms with van der Waals surface area (Å²) < 4.78 is 7.78. The van der Waals surface area contributed by atoms with E-state index < -0.39 is 11.9 Å². The number of hydrogen-bond acceptors (Lipinski definition) is 5. The quantitative estimate of drug-likeness (QED) is 0.612. The van der Waals surface area contributed by atoms with Crippen LogP contribution in [0.3, 0.4) is 0 Å². The zero-order valence-electron chi connectivity index (χ0n) is 18.8. The normalized spacial score (nSPS) is 19.5. The third-order valence-electron chi connectivity index (χ3n) is 6.92.